The molecule has 1 aliphatic carbocycles. The first kappa shape index (κ1) is 44.4. The van der Waals surface area contributed by atoms with Crippen molar-refractivity contribution in [3.63, 3.8) is 0 Å². The number of anilines is 1. The summed E-state index contributed by atoms with van der Waals surface area (Å²) in [5.74, 6) is 0.772. The Morgan fingerprint density at radius 2 is 1.42 bits per heavy atom. The van der Waals surface area contributed by atoms with Crippen LogP contribution in [0.3, 0.4) is 0 Å². The number of allylic oxidation sites excluding steroid dienone is 2. The van der Waals surface area contributed by atoms with Crippen LogP contribution in [0.25, 0.3) is 27.6 Å². The lowest BCUT2D eigenvalue weighted by Gasteiger charge is -2.33. The van der Waals surface area contributed by atoms with E-state index in [0.29, 0.717) is 42.7 Å². The van der Waals surface area contributed by atoms with Gasteiger partial charge in [0.05, 0.1) is 6.61 Å². The third-order valence-electron chi connectivity index (χ3n) is 12.0. The van der Waals surface area contributed by atoms with Crippen molar-refractivity contribution in [2.75, 3.05) is 11.5 Å². The molecule has 1 aliphatic heterocycles. The first-order valence-electron chi connectivity index (χ1n) is 21.1. The van der Waals surface area contributed by atoms with E-state index in [0.717, 1.165) is 95.5 Å². The SMILES string of the molecule is CCC(C)C.CCCC.CCc1c(-c2c(F)ccc(C)c2C(C)=C(C)C)c(F)c2nc(OCC3(CC)CC3)nc(N3C(CC)CCC3CC)c2c1CC. The van der Waals surface area contributed by atoms with E-state index in [4.69, 9.17) is 14.7 Å². The molecule has 5 rings (SSSR count). The second kappa shape index (κ2) is 20.1. The van der Waals surface area contributed by atoms with Gasteiger partial charge in [-0.2, -0.15) is 9.97 Å². The number of benzene rings is 2. The van der Waals surface area contributed by atoms with Crippen LogP contribution in [0.2, 0.25) is 0 Å². The molecule has 2 fully saturated rings. The average Bonchev–Trinajstić information content (AvgIpc) is 3.83. The molecule has 3 aromatic rings. The molecule has 0 spiro atoms. The van der Waals surface area contributed by atoms with Gasteiger partial charge in [0.1, 0.15) is 17.2 Å². The largest absolute Gasteiger partial charge is 0.463 e. The van der Waals surface area contributed by atoms with Gasteiger partial charge in [-0.15, -0.1) is 0 Å². The van der Waals surface area contributed by atoms with E-state index < -0.39 is 11.6 Å². The molecule has 0 bridgehead atoms. The van der Waals surface area contributed by atoms with Crippen molar-refractivity contribution in [2.24, 2.45) is 11.3 Å². The van der Waals surface area contributed by atoms with Gasteiger partial charge in [-0.3, -0.25) is 0 Å². The normalized spacial score (nSPS) is 17.3. The number of nitrogens with zero attached hydrogens (tertiary/aromatic N) is 3. The third-order valence-corrected chi connectivity index (χ3v) is 12.0. The topological polar surface area (TPSA) is 38.3 Å². The summed E-state index contributed by atoms with van der Waals surface area (Å²) in [6.07, 6.45) is 12.6. The second-order valence-corrected chi connectivity index (χ2v) is 16.2. The highest BCUT2D eigenvalue weighted by molar-refractivity contribution is 6.00. The van der Waals surface area contributed by atoms with Crippen LogP contribution in [0, 0.1) is 29.9 Å². The molecule has 0 amide bonds. The fraction of sp³-hybridized carbons (Fsp3) is 0.660. The Balaban J connectivity index is 0.000000753. The summed E-state index contributed by atoms with van der Waals surface area (Å²) in [5, 5.41) is 0.766. The standard InChI is InChI=1S/C38H51F2N3O.C5H12.C4H10/c1-10-25-16-17-26(11-2)43(25)36-32-28(13-4)27(12-3)31(33-29(39)18-15-23(8)30(33)24(9)22(6)7)34(40)35(32)41-37(42-36)44-21-38(14-5)19-20-38;1-4-5(2)3;1-3-4-2/h15,18,25-26H,10-14,16-17,19-21H2,1-9H3;5H,4H2,1-3H3;3-4H2,1-2H3. The molecule has 2 atom stereocenters. The van der Waals surface area contributed by atoms with Gasteiger partial charge in [0.2, 0.25) is 0 Å². The van der Waals surface area contributed by atoms with Crippen LogP contribution < -0.4 is 9.64 Å². The zero-order chi connectivity index (χ0) is 39.6. The van der Waals surface area contributed by atoms with E-state index in [2.05, 4.69) is 67.2 Å². The van der Waals surface area contributed by atoms with E-state index in [9.17, 15) is 0 Å². The third kappa shape index (κ3) is 10.00. The maximum absolute atomic E-state index is 17.5. The van der Waals surface area contributed by atoms with Gasteiger partial charge in [0, 0.05) is 34.0 Å². The number of hydrogen-bond donors (Lipinski definition) is 0. The van der Waals surface area contributed by atoms with Crippen molar-refractivity contribution in [1.82, 2.24) is 9.97 Å². The summed E-state index contributed by atoms with van der Waals surface area (Å²) in [7, 11) is 0. The number of ether oxygens (including phenoxy) is 1. The first-order chi connectivity index (χ1) is 25.2. The highest BCUT2D eigenvalue weighted by Crippen LogP contribution is 2.49. The zero-order valence-electron chi connectivity index (χ0n) is 36.1. The minimum atomic E-state index is -0.480. The van der Waals surface area contributed by atoms with Gasteiger partial charge in [-0.25, -0.2) is 8.78 Å². The molecule has 2 aliphatic rings. The summed E-state index contributed by atoms with van der Waals surface area (Å²) in [6, 6.07) is 4.13. The lowest BCUT2D eigenvalue weighted by molar-refractivity contribution is 0.214. The van der Waals surface area contributed by atoms with Crippen LogP contribution in [0.1, 0.15) is 176 Å². The molecule has 0 N–H and O–H groups in total. The molecule has 1 saturated carbocycles. The van der Waals surface area contributed by atoms with Crippen LogP contribution in [-0.4, -0.2) is 28.7 Å². The number of rotatable bonds is 13. The van der Waals surface area contributed by atoms with Gasteiger partial charge in [-0.05, 0) is 125 Å². The predicted molar refractivity (Wildman–Crippen MR) is 225 cm³/mol. The lowest BCUT2D eigenvalue weighted by Crippen LogP contribution is -2.36. The number of unbranched alkanes of at least 4 members (excludes halogenated alkanes) is 1. The Morgan fingerprint density at radius 3 is 1.85 bits per heavy atom. The molecule has 0 radical (unpaired) electrons. The van der Waals surface area contributed by atoms with Gasteiger partial charge < -0.3 is 9.64 Å². The highest BCUT2D eigenvalue weighted by atomic mass is 19.1. The van der Waals surface area contributed by atoms with Crippen LogP contribution >= 0.6 is 0 Å². The van der Waals surface area contributed by atoms with E-state index in [1.165, 1.54) is 25.3 Å². The summed E-state index contributed by atoms with van der Waals surface area (Å²) < 4.78 is 39.9. The van der Waals surface area contributed by atoms with Crippen molar-refractivity contribution >= 4 is 22.3 Å². The molecule has 2 heterocycles. The molecular weight excluding hydrogens is 661 g/mol. The molecule has 296 valence electrons. The van der Waals surface area contributed by atoms with Crippen molar-refractivity contribution in [3.8, 4) is 17.1 Å². The van der Waals surface area contributed by atoms with Gasteiger partial charge in [0.15, 0.2) is 5.82 Å². The van der Waals surface area contributed by atoms with Crippen LogP contribution in [-0.2, 0) is 12.8 Å². The number of aromatic nitrogens is 2. The summed E-state index contributed by atoms with van der Waals surface area (Å²) in [4.78, 5) is 12.4. The fourth-order valence-corrected chi connectivity index (χ4v) is 7.47. The minimum absolute atomic E-state index is 0.163. The quantitative estimate of drug-likeness (QED) is 0.175. The fourth-order valence-electron chi connectivity index (χ4n) is 7.47. The number of halogens is 2. The maximum atomic E-state index is 17.5. The van der Waals surface area contributed by atoms with Crippen LogP contribution in [0.5, 0.6) is 6.01 Å². The van der Waals surface area contributed by atoms with Crippen LogP contribution in [0.4, 0.5) is 14.6 Å². The van der Waals surface area contributed by atoms with Gasteiger partial charge in [0.25, 0.3) is 0 Å². The summed E-state index contributed by atoms with van der Waals surface area (Å²) in [5.41, 5.74) is 6.64. The Hall–Kier alpha value is -3.02. The smallest absolute Gasteiger partial charge is 0.319 e. The molecule has 2 aromatic carbocycles. The van der Waals surface area contributed by atoms with E-state index in [1.807, 2.05) is 34.6 Å². The molecule has 1 aromatic heterocycles. The van der Waals surface area contributed by atoms with Crippen molar-refractivity contribution in [2.45, 2.75) is 186 Å². The lowest BCUT2D eigenvalue weighted by atomic mass is 9.83. The minimum Gasteiger partial charge on any atom is -0.463 e. The monoisotopic (exact) mass is 734 g/mol. The molecule has 1 saturated heterocycles. The second-order valence-electron chi connectivity index (χ2n) is 16.2. The maximum Gasteiger partial charge on any atom is 0.319 e. The predicted octanol–water partition coefficient (Wildman–Crippen LogP) is 14.4. The first-order valence-corrected chi connectivity index (χ1v) is 21.1. The summed E-state index contributed by atoms with van der Waals surface area (Å²) in [6.45, 7) is 30.3. The Morgan fingerprint density at radius 1 is 0.849 bits per heavy atom. The highest BCUT2D eigenvalue weighted by Gasteiger charge is 2.42. The van der Waals surface area contributed by atoms with E-state index >= 15 is 8.78 Å². The number of fused-ring (bicyclic) bond motifs is 1. The number of aryl methyl sites for hydroxylation is 2. The Kier molecular flexibility index (Phi) is 16.8. The molecule has 6 heteroatoms. The van der Waals surface area contributed by atoms with Crippen molar-refractivity contribution in [1.29, 1.82) is 0 Å². The number of hydrogen-bond acceptors (Lipinski definition) is 4. The molecule has 2 unspecified atom stereocenters. The zero-order valence-corrected chi connectivity index (χ0v) is 36.1. The average molecular weight is 734 g/mol. The van der Waals surface area contributed by atoms with E-state index in [-0.39, 0.29) is 16.9 Å². The summed E-state index contributed by atoms with van der Waals surface area (Å²) >= 11 is 0. The van der Waals surface area contributed by atoms with Gasteiger partial charge in [-0.1, -0.05) is 100 Å². The molecule has 4 nitrogen and oxygen atoms in total. The van der Waals surface area contributed by atoms with Crippen LogP contribution in [0.15, 0.2) is 17.7 Å². The van der Waals surface area contributed by atoms with E-state index in [1.54, 1.807) is 6.07 Å². The van der Waals surface area contributed by atoms with Gasteiger partial charge >= 0.3 is 6.01 Å². The molecular formula is C47H73F2N3O. The Bertz CT molecular complexity index is 1670. The van der Waals surface area contributed by atoms with Crippen molar-refractivity contribution < 1.29 is 13.5 Å². The Labute approximate surface area is 322 Å². The molecule has 53 heavy (non-hydrogen) atoms. The van der Waals surface area contributed by atoms with Crippen molar-refractivity contribution in [3.05, 3.63) is 51.6 Å².